The number of hydrogen-bond donors (Lipinski definition) is 1. The van der Waals surface area contributed by atoms with Crippen molar-refractivity contribution in [2.24, 2.45) is 5.92 Å². The average Bonchev–Trinajstić information content (AvgIpc) is 2.68. The van der Waals surface area contributed by atoms with Crippen LogP contribution in [0.5, 0.6) is 0 Å². The predicted molar refractivity (Wildman–Crippen MR) is 99.8 cm³/mol. The highest BCUT2D eigenvalue weighted by molar-refractivity contribution is 5.92. The van der Waals surface area contributed by atoms with Gasteiger partial charge in [0.2, 0.25) is 11.8 Å². The number of benzene rings is 1. The summed E-state index contributed by atoms with van der Waals surface area (Å²) in [7, 11) is 0. The largest absolute Gasteiger partial charge is 0.353 e. The highest BCUT2D eigenvalue weighted by atomic mass is 16.2. The molecule has 1 aliphatic carbocycles. The topological polar surface area (TPSA) is 49.4 Å². The molecule has 0 radical (unpaired) electrons. The van der Waals surface area contributed by atoms with Crippen LogP contribution in [0.15, 0.2) is 36.4 Å². The number of rotatable bonds is 4. The zero-order valence-electron chi connectivity index (χ0n) is 14.8. The van der Waals surface area contributed by atoms with Crippen molar-refractivity contribution in [3.05, 3.63) is 42.0 Å². The smallest absolute Gasteiger partial charge is 0.246 e. The predicted octanol–water partition coefficient (Wildman–Crippen LogP) is 3.39. The summed E-state index contributed by atoms with van der Waals surface area (Å²) < 4.78 is 0. The first-order valence-corrected chi connectivity index (χ1v) is 9.55. The quantitative estimate of drug-likeness (QED) is 0.854. The Bertz CT molecular complexity index is 598. The van der Waals surface area contributed by atoms with Crippen molar-refractivity contribution in [2.45, 2.75) is 51.0 Å². The summed E-state index contributed by atoms with van der Waals surface area (Å²) in [6, 6.07) is 10.2. The van der Waals surface area contributed by atoms with E-state index in [0.717, 1.165) is 31.2 Å². The van der Waals surface area contributed by atoms with E-state index in [2.05, 4.69) is 5.32 Å². The van der Waals surface area contributed by atoms with Gasteiger partial charge in [0, 0.05) is 31.1 Å². The fraction of sp³-hybridized carbons (Fsp3) is 0.524. The number of piperidine rings is 1. The molecule has 1 N–H and O–H groups in total. The molecule has 1 saturated carbocycles. The molecule has 0 atom stereocenters. The van der Waals surface area contributed by atoms with Crippen LogP contribution in [-0.2, 0) is 9.59 Å². The maximum Gasteiger partial charge on any atom is 0.246 e. The van der Waals surface area contributed by atoms with Gasteiger partial charge in [-0.2, -0.15) is 0 Å². The molecule has 4 heteroatoms. The summed E-state index contributed by atoms with van der Waals surface area (Å²) in [6.07, 6.45) is 11.0. The lowest BCUT2D eigenvalue weighted by atomic mass is 9.92. The lowest BCUT2D eigenvalue weighted by Gasteiger charge is -2.32. The van der Waals surface area contributed by atoms with Crippen LogP contribution in [0, 0.1) is 5.92 Å². The molecule has 1 aromatic rings. The van der Waals surface area contributed by atoms with Crippen LogP contribution in [0.25, 0.3) is 6.08 Å². The second-order valence-corrected chi connectivity index (χ2v) is 7.19. The van der Waals surface area contributed by atoms with Gasteiger partial charge in [-0.25, -0.2) is 0 Å². The number of nitrogens with one attached hydrogen (secondary N) is 1. The van der Waals surface area contributed by atoms with E-state index in [1.165, 1.54) is 19.3 Å². The Balaban J connectivity index is 1.44. The van der Waals surface area contributed by atoms with Gasteiger partial charge in [-0.3, -0.25) is 9.59 Å². The number of carbonyl (C=O) groups excluding carboxylic acids is 2. The highest BCUT2D eigenvalue weighted by Gasteiger charge is 2.28. The molecule has 0 aromatic heterocycles. The minimum Gasteiger partial charge on any atom is -0.353 e. The first-order valence-electron chi connectivity index (χ1n) is 9.55. The third-order valence-corrected chi connectivity index (χ3v) is 5.35. The number of nitrogens with zero attached hydrogens (tertiary/aromatic N) is 1. The molecule has 25 heavy (non-hydrogen) atoms. The van der Waals surface area contributed by atoms with Crippen LogP contribution < -0.4 is 5.32 Å². The third kappa shape index (κ3) is 5.18. The van der Waals surface area contributed by atoms with Gasteiger partial charge in [0.15, 0.2) is 0 Å². The van der Waals surface area contributed by atoms with Crippen molar-refractivity contribution < 1.29 is 9.59 Å². The lowest BCUT2D eigenvalue weighted by molar-refractivity contribution is -0.132. The Labute approximate surface area is 150 Å². The van der Waals surface area contributed by atoms with Crippen LogP contribution >= 0.6 is 0 Å². The van der Waals surface area contributed by atoms with Crippen molar-refractivity contribution in [1.29, 1.82) is 0 Å². The van der Waals surface area contributed by atoms with Crippen LogP contribution in [0.4, 0.5) is 0 Å². The number of likely N-dealkylation sites (tertiary alicyclic amines) is 1. The molecule has 2 aliphatic rings. The maximum atomic E-state index is 12.4. The first-order chi connectivity index (χ1) is 12.2. The van der Waals surface area contributed by atoms with Gasteiger partial charge >= 0.3 is 0 Å². The normalized spacial score (nSPS) is 19.9. The number of amides is 2. The van der Waals surface area contributed by atoms with Crippen molar-refractivity contribution in [3.63, 3.8) is 0 Å². The number of hydrogen-bond acceptors (Lipinski definition) is 2. The number of carbonyl (C=O) groups is 2. The zero-order valence-corrected chi connectivity index (χ0v) is 14.8. The van der Waals surface area contributed by atoms with Crippen LogP contribution in [0.3, 0.4) is 0 Å². The molecule has 134 valence electrons. The van der Waals surface area contributed by atoms with Gasteiger partial charge in [0.05, 0.1) is 0 Å². The van der Waals surface area contributed by atoms with Gasteiger partial charge in [0.25, 0.3) is 0 Å². The fourth-order valence-electron chi connectivity index (χ4n) is 3.77. The molecule has 0 spiro atoms. The Kier molecular flexibility index (Phi) is 6.26. The lowest BCUT2D eigenvalue weighted by Crippen LogP contribution is -2.45. The Morgan fingerprint density at radius 1 is 0.960 bits per heavy atom. The summed E-state index contributed by atoms with van der Waals surface area (Å²) in [5.41, 5.74) is 1.03. The van der Waals surface area contributed by atoms with E-state index in [1.54, 1.807) is 6.08 Å². The van der Waals surface area contributed by atoms with E-state index in [0.29, 0.717) is 19.1 Å². The minimum absolute atomic E-state index is 0.0370. The fourth-order valence-corrected chi connectivity index (χ4v) is 3.77. The second kappa shape index (κ2) is 8.84. The van der Waals surface area contributed by atoms with Crippen molar-refractivity contribution in [3.8, 4) is 0 Å². The maximum absolute atomic E-state index is 12.4. The Hall–Kier alpha value is -2.10. The van der Waals surface area contributed by atoms with E-state index in [1.807, 2.05) is 41.3 Å². The summed E-state index contributed by atoms with van der Waals surface area (Å²) in [5.74, 6) is 0.290. The van der Waals surface area contributed by atoms with E-state index in [-0.39, 0.29) is 17.7 Å². The molecule has 1 saturated heterocycles. The molecular weight excluding hydrogens is 312 g/mol. The van der Waals surface area contributed by atoms with E-state index < -0.39 is 0 Å². The van der Waals surface area contributed by atoms with Gasteiger partial charge in [-0.15, -0.1) is 0 Å². The van der Waals surface area contributed by atoms with Crippen molar-refractivity contribution >= 4 is 17.9 Å². The van der Waals surface area contributed by atoms with Crippen LogP contribution in [0.1, 0.15) is 50.5 Å². The second-order valence-electron chi connectivity index (χ2n) is 7.19. The average molecular weight is 340 g/mol. The minimum atomic E-state index is 0.0370. The van der Waals surface area contributed by atoms with Crippen LogP contribution in [0.2, 0.25) is 0 Å². The van der Waals surface area contributed by atoms with E-state index in [9.17, 15) is 9.59 Å². The van der Waals surface area contributed by atoms with Gasteiger partial charge < -0.3 is 10.2 Å². The van der Waals surface area contributed by atoms with Crippen molar-refractivity contribution in [2.75, 3.05) is 13.1 Å². The van der Waals surface area contributed by atoms with E-state index >= 15 is 0 Å². The summed E-state index contributed by atoms with van der Waals surface area (Å²) >= 11 is 0. The third-order valence-electron chi connectivity index (χ3n) is 5.35. The summed E-state index contributed by atoms with van der Waals surface area (Å²) in [5, 5.41) is 3.22. The Morgan fingerprint density at radius 2 is 1.64 bits per heavy atom. The van der Waals surface area contributed by atoms with E-state index in [4.69, 9.17) is 0 Å². The van der Waals surface area contributed by atoms with Crippen molar-refractivity contribution in [1.82, 2.24) is 10.2 Å². The standard InChI is InChI=1S/C21H28N2O2/c24-20(12-11-17-7-3-1-4-8-17)23-15-13-18(14-16-23)21(25)22-19-9-5-2-6-10-19/h1,3-4,7-8,11-12,18-19H,2,5-6,9-10,13-16H2,(H,22,25)/b12-11+. The van der Waals surface area contributed by atoms with Gasteiger partial charge in [-0.05, 0) is 37.3 Å². The molecule has 4 nitrogen and oxygen atoms in total. The van der Waals surface area contributed by atoms with Gasteiger partial charge in [0.1, 0.15) is 0 Å². The van der Waals surface area contributed by atoms with Gasteiger partial charge in [-0.1, -0.05) is 49.6 Å². The zero-order chi connectivity index (χ0) is 17.5. The highest BCUT2D eigenvalue weighted by Crippen LogP contribution is 2.21. The molecule has 1 aromatic carbocycles. The van der Waals surface area contributed by atoms with Crippen LogP contribution in [-0.4, -0.2) is 35.8 Å². The summed E-state index contributed by atoms with van der Waals surface area (Å²) in [6.45, 7) is 1.33. The SMILES string of the molecule is O=C(NC1CCCCC1)C1CCN(C(=O)/C=C/c2ccccc2)CC1. The summed E-state index contributed by atoms with van der Waals surface area (Å²) in [4.78, 5) is 26.6. The molecule has 2 fully saturated rings. The first kappa shape index (κ1) is 17.7. The Morgan fingerprint density at radius 3 is 2.32 bits per heavy atom. The molecule has 1 heterocycles. The molecule has 1 aliphatic heterocycles. The molecule has 0 unspecified atom stereocenters. The molecular formula is C21H28N2O2. The molecule has 3 rings (SSSR count). The molecule has 2 amide bonds. The molecule has 0 bridgehead atoms. The monoisotopic (exact) mass is 340 g/mol.